The van der Waals surface area contributed by atoms with E-state index in [1.165, 1.54) is 51.4 Å². The number of nitrogens with one attached hydrogen (secondary N) is 1. The van der Waals surface area contributed by atoms with Crippen molar-refractivity contribution in [2.24, 2.45) is 0 Å². The van der Waals surface area contributed by atoms with Crippen molar-refractivity contribution in [3.8, 4) is 0 Å². The molecule has 0 aliphatic heterocycles. The van der Waals surface area contributed by atoms with Gasteiger partial charge >= 0.3 is 0 Å². The van der Waals surface area contributed by atoms with Crippen LogP contribution in [0.25, 0.3) is 0 Å². The standard InChI is InChI=1S/C18H29NO/c1-20-14-13-19-12-5-3-2-4-7-16-10-11-17-8-6-9-18(17)15-16/h10-11,15,19H,2-9,12-14H2,1H3. The fourth-order valence-electron chi connectivity index (χ4n) is 3.01. The van der Waals surface area contributed by atoms with E-state index in [0.29, 0.717) is 0 Å². The number of methoxy groups -OCH3 is 1. The second kappa shape index (κ2) is 9.15. The predicted octanol–water partition coefficient (Wildman–Crippen LogP) is 3.51. The Balaban J connectivity index is 1.51. The molecule has 0 heterocycles. The Bertz CT molecular complexity index is 389. The quantitative estimate of drug-likeness (QED) is 0.660. The molecule has 1 N–H and O–H groups in total. The minimum atomic E-state index is 0.818. The first-order valence-electron chi connectivity index (χ1n) is 8.20. The average molecular weight is 275 g/mol. The molecule has 0 radical (unpaired) electrons. The van der Waals surface area contributed by atoms with Gasteiger partial charge in [-0.3, -0.25) is 0 Å². The van der Waals surface area contributed by atoms with Crippen LogP contribution in [-0.2, 0) is 24.0 Å². The fourth-order valence-corrected chi connectivity index (χ4v) is 3.01. The number of hydrogen-bond acceptors (Lipinski definition) is 2. The molecular formula is C18H29NO. The molecule has 0 aromatic heterocycles. The summed E-state index contributed by atoms with van der Waals surface area (Å²) < 4.78 is 5.01. The number of benzene rings is 1. The van der Waals surface area contributed by atoms with E-state index in [0.717, 1.165) is 19.7 Å². The monoisotopic (exact) mass is 275 g/mol. The first-order chi connectivity index (χ1) is 9.90. The molecule has 0 unspecified atom stereocenters. The Morgan fingerprint density at radius 2 is 1.85 bits per heavy atom. The average Bonchev–Trinajstić information content (AvgIpc) is 2.93. The van der Waals surface area contributed by atoms with Crippen LogP contribution in [-0.4, -0.2) is 26.8 Å². The lowest BCUT2D eigenvalue weighted by atomic mass is 10.0. The van der Waals surface area contributed by atoms with Crippen molar-refractivity contribution in [2.75, 3.05) is 26.8 Å². The maximum absolute atomic E-state index is 5.01. The van der Waals surface area contributed by atoms with Crippen molar-refractivity contribution in [1.82, 2.24) is 5.32 Å². The Hall–Kier alpha value is -0.860. The molecule has 0 atom stereocenters. The summed E-state index contributed by atoms with van der Waals surface area (Å²) in [5.41, 5.74) is 4.75. The van der Waals surface area contributed by atoms with Gasteiger partial charge in [-0.1, -0.05) is 31.0 Å². The van der Waals surface area contributed by atoms with Crippen molar-refractivity contribution in [3.05, 3.63) is 34.9 Å². The fraction of sp³-hybridized carbons (Fsp3) is 0.667. The number of rotatable bonds is 10. The molecule has 0 saturated carbocycles. The minimum Gasteiger partial charge on any atom is -0.383 e. The van der Waals surface area contributed by atoms with Crippen LogP contribution in [0.3, 0.4) is 0 Å². The Kier molecular flexibility index (Phi) is 7.10. The maximum atomic E-state index is 5.01. The minimum absolute atomic E-state index is 0.818. The zero-order chi connectivity index (χ0) is 14.0. The molecule has 0 spiro atoms. The molecule has 20 heavy (non-hydrogen) atoms. The maximum Gasteiger partial charge on any atom is 0.0587 e. The normalized spacial score (nSPS) is 13.7. The van der Waals surface area contributed by atoms with Gasteiger partial charge in [0.1, 0.15) is 0 Å². The lowest BCUT2D eigenvalue weighted by molar-refractivity contribution is 0.199. The number of ether oxygens (including phenoxy) is 1. The molecule has 2 nitrogen and oxygen atoms in total. The summed E-state index contributed by atoms with van der Waals surface area (Å²) >= 11 is 0. The van der Waals surface area contributed by atoms with E-state index in [9.17, 15) is 0 Å². The molecule has 0 amide bonds. The highest BCUT2D eigenvalue weighted by molar-refractivity contribution is 5.35. The van der Waals surface area contributed by atoms with Gasteiger partial charge in [0.05, 0.1) is 6.61 Å². The number of unbranched alkanes of at least 4 members (excludes halogenated alkanes) is 3. The predicted molar refractivity (Wildman–Crippen MR) is 85.4 cm³/mol. The topological polar surface area (TPSA) is 21.3 Å². The molecule has 1 aromatic rings. The highest BCUT2D eigenvalue weighted by atomic mass is 16.5. The van der Waals surface area contributed by atoms with E-state index in [2.05, 4.69) is 23.5 Å². The number of aryl methyl sites for hydroxylation is 3. The van der Waals surface area contributed by atoms with Crippen LogP contribution in [0.5, 0.6) is 0 Å². The third kappa shape index (κ3) is 5.26. The molecule has 1 aliphatic rings. The van der Waals surface area contributed by atoms with Crippen molar-refractivity contribution in [2.45, 2.75) is 51.4 Å². The lowest BCUT2D eigenvalue weighted by Crippen LogP contribution is -2.20. The molecule has 0 saturated heterocycles. The summed E-state index contributed by atoms with van der Waals surface area (Å²) in [5, 5.41) is 3.40. The van der Waals surface area contributed by atoms with Gasteiger partial charge in [-0.2, -0.15) is 0 Å². The molecule has 1 aromatic carbocycles. The molecular weight excluding hydrogens is 246 g/mol. The number of fused-ring (bicyclic) bond motifs is 1. The molecule has 2 rings (SSSR count). The highest BCUT2D eigenvalue weighted by Gasteiger charge is 2.10. The van der Waals surface area contributed by atoms with Crippen molar-refractivity contribution >= 4 is 0 Å². The molecule has 112 valence electrons. The van der Waals surface area contributed by atoms with Gasteiger partial charge in [0, 0.05) is 13.7 Å². The molecule has 2 heteroatoms. The molecule has 0 fully saturated rings. The van der Waals surface area contributed by atoms with E-state index in [4.69, 9.17) is 4.74 Å². The second-order valence-electron chi connectivity index (χ2n) is 5.86. The van der Waals surface area contributed by atoms with Gasteiger partial charge in [0.2, 0.25) is 0 Å². The largest absolute Gasteiger partial charge is 0.383 e. The van der Waals surface area contributed by atoms with Crippen LogP contribution in [0.1, 0.15) is 48.8 Å². The number of hydrogen-bond donors (Lipinski definition) is 1. The summed E-state index contributed by atoms with van der Waals surface area (Å²) in [6.07, 6.45) is 10.5. The van der Waals surface area contributed by atoms with Crippen LogP contribution >= 0.6 is 0 Å². The Morgan fingerprint density at radius 3 is 2.75 bits per heavy atom. The SMILES string of the molecule is COCCNCCCCCCc1ccc2c(c1)CCC2. The van der Waals surface area contributed by atoms with E-state index < -0.39 is 0 Å². The second-order valence-corrected chi connectivity index (χ2v) is 5.86. The summed E-state index contributed by atoms with van der Waals surface area (Å²) in [6.45, 7) is 2.92. The van der Waals surface area contributed by atoms with E-state index in [1.807, 2.05) is 0 Å². The first kappa shape index (κ1) is 15.5. The van der Waals surface area contributed by atoms with Gasteiger partial charge in [-0.25, -0.2) is 0 Å². The van der Waals surface area contributed by atoms with Crippen LogP contribution in [0.4, 0.5) is 0 Å². The van der Waals surface area contributed by atoms with Gasteiger partial charge in [0.15, 0.2) is 0 Å². The Morgan fingerprint density at radius 1 is 1.00 bits per heavy atom. The van der Waals surface area contributed by atoms with Crippen molar-refractivity contribution in [1.29, 1.82) is 0 Å². The van der Waals surface area contributed by atoms with Gasteiger partial charge in [-0.15, -0.1) is 0 Å². The van der Waals surface area contributed by atoms with Crippen LogP contribution in [0, 0.1) is 0 Å². The Labute approximate surface area is 123 Å². The van der Waals surface area contributed by atoms with Crippen LogP contribution in [0.15, 0.2) is 18.2 Å². The summed E-state index contributed by atoms with van der Waals surface area (Å²) in [5.74, 6) is 0. The van der Waals surface area contributed by atoms with E-state index in [1.54, 1.807) is 23.8 Å². The smallest absolute Gasteiger partial charge is 0.0587 e. The third-order valence-corrected chi connectivity index (χ3v) is 4.21. The highest BCUT2D eigenvalue weighted by Crippen LogP contribution is 2.23. The first-order valence-corrected chi connectivity index (χ1v) is 8.20. The van der Waals surface area contributed by atoms with E-state index >= 15 is 0 Å². The molecule has 0 bridgehead atoms. The summed E-state index contributed by atoms with van der Waals surface area (Å²) in [4.78, 5) is 0. The third-order valence-electron chi connectivity index (χ3n) is 4.21. The summed E-state index contributed by atoms with van der Waals surface area (Å²) in [6, 6.07) is 7.16. The van der Waals surface area contributed by atoms with Gasteiger partial charge < -0.3 is 10.1 Å². The molecule has 1 aliphatic carbocycles. The van der Waals surface area contributed by atoms with Crippen LogP contribution in [0.2, 0.25) is 0 Å². The van der Waals surface area contributed by atoms with Crippen molar-refractivity contribution in [3.63, 3.8) is 0 Å². The summed E-state index contributed by atoms with van der Waals surface area (Å²) in [7, 11) is 1.75. The zero-order valence-electron chi connectivity index (χ0n) is 12.9. The van der Waals surface area contributed by atoms with Crippen LogP contribution < -0.4 is 5.32 Å². The zero-order valence-corrected chi connectivity index (χ0v) is 12.9. The lowest BCUT2D eigenvalue weighted by Gasteiger charge is -2.06. The van der Waals surface area contributed by atoms with E-state index in [-0.39, 0.29) is 0 Å². The van der Waals surface area contributed by atoms with Gasteiger partial charge in [-0.05, 0) is 61.8 Å². The van der Waals surface area contributed by atoms with Crippen molar-refractivity contribution < 1.29 is 4.74 Å². The van der Waals surface area contributed by atoms with Gasteiger partial charge in [0.25, 0.3) is 0 Å².